The van der Waals surface area contributed by atoms with Crippen LogP contribution in [0.15, 0.2) is 42.6 Å². The van der Waals surface area contributed by atoms with Crippen LogP contribution in [0.25, 0.3) is 10.9 Å². The van der Waals surface area contributed by atoms with E-state index in [1.54, 1.807) is 31.2 Å². The number of hydrogen-bond donors (Lipinski definition) is 3. The number of carbonyl (C=O) groups is 2. The first kappa shape index (κ1) is 25.8. The van der Waals surface area contributed by atoms with Gasteiger partial charge in [-0.1, -0.05) is 25.1 Å². The van der Waals surface area contributed by atoms with Crippen molar-refractivity contribution in [1.82, 2.24) is 15.2 Å². The van der Waals surface area contributed by atoms with Gasteiger partial charge in [-0.2, -0.15) is 0 Å². The maximum absolute atomic E-state index is 13.3. The van der Waals surface area contributed by atoms with Crippen molar-refractivity contribution in [3.63, 3.8) is 0 Å². The van der Waals surface area contributed by atoms with Gasteiger partial charge in [-0.3, -0.25) is 19.1 Å². The number of carbonyl (C=O) groups excluding carboxylic acids is 2. The van der Waals surface area contributed by atoms with Crippen LogP contribution in [0.3, 0.4) is 0 Å². The summed E-state index contributed by atoms with van der Waals surface area (Å²) in [4.78, 5) is 42.2. The molecular formula is C25H27FN3O6P. The summed E-state index contributed by atoms with van der Waals surface area (Å²) in [5.74, 6) is -1.75. The van der Waals surface area contributed by atoms with Crippen molar-refractivity contribution in [3.8, 4) is 5.75 Å². The van der Waals surface area contributed by atoms with Crippen molar-refractivity contribution in [2.24, 2.45) is 0 Å². The molecule has 11 heteroatoms. The molecule has 3 aromatic rings. The molecule has 1 aliphatic rings. The maximum Gasteiger partial charge on any atom is 0.330 e. The van der Waals surface area contributed by atoms with Crippen LogP contribution in [0.5, 0.6) is 5.75 Å². The van der Waals surface area contributed by atoms with Crippen molar-refractivity contribution in [2.75, 3.05) is 12.7 Å². The Labute approximate surface area is 207 Å². The van der Waals surface area contributed by atoms with Gasteiger partial charge in [0.15, 0.2) is 5.75 Å². The number of fused-ring (bicyclic) bond motifs is 2. The summed E-state index contributed by atoms with van der Waals surface area (Å²) in [5.41, 5.74) is 1.27. The van der Waals surface area contributed by atoms with E-state index in [2.05, 4.69) is 10.3 Å². The van der Waals surface area contributed by atoms with E-state index >= 15 is 0 Å². The van der Waals surface area contributed by atoms with Gasteiger partial charge in [-0.05, 0) is 37.1 Å². The molecule has 1 aliphatic heterocycles. The molecule has 2 aromatic carbocycles. The summed E-state index contributed by atoms with van der Waals surface area (Å²) in [5, 5.41) is 13.9. The molecule has 0 saturated carbocycles. The van der Waals surface area contributed by atoms with Gasteiger partial charge in [0, 0.05) is 36.8 Å². The van der Waals surface area contributed by atoms with Crippen molar-refractivity contribution in [2.45, 2.75) is 39.5 Å². The topological polar surface area (TPSA) is 129 Å². The molecule has 190 valence electrons. The number of phenols is 1. The van der Waals surface area contributed by atoms with Gasteiger partial charge in [-0.15, -0.1) is 0 Å². The molecule has 4 rings (SSSR count). The Morgan fingerprint density at radius 3 is 2.72 bits per heavy atom. The molecular weight excluding hydrogens is 488 g/mol. The van der Waals surface area contributed by atoms with Crippen molar-refractivity contribution >= 4 is 30.3 Å². The zero-order valence-corrected chi connectivity index (χ0v) is 20.8. The second-order valence-corrected chi connectivity index (χ2v) is 10.6. The lowest BCUT2D eigenvalue weighted by atomic mass is 9.96. The number of pyridine rings is 1. The Bertz CT molecular complexity index is 1360. The van der Waals surface area contributed by atoms with Crippen LogP contribution in [0.4, 0.5) is 4.39 Å². The number of rotatable bonds is 9. The first-order chi connectivity index (χ1) is 17.1. The van der Waals surface area contributed by atoms with E-state index in [4.69, 9.17) is 4.52 Å². The van der Waals surface area contributed by atoms with E-state index in [9.17, 15) is 28.5 Å². The maximum atomic E-state index is 13.3. The molecule has 0 radical (unpaired) electrons. The van der Waals surface area contributed by atoms with Gasteiger partial charge in [0.25, 0.3) is 11.8 Å². The number of nitrogens with one attached hydrogen (secondary N) is 1. The summed E-state index contributed by atoms with van der Waals surface area (Å²) >= 11 is 0. The molecule has 2 heterocycles. The number of halogens is 1. The minimum Gasteiger partial charge on any atom is -0.505 e. The number of phenolic OH excluding ortho intramolecular Hbond substituents is 1. The summed E-state index contributed by atoms with van der Waals surface area (Å²) in [6.45, 7) is 3.58. The Morgan fingerprint density at radius 2 is 2.03 bits per heavy atom. The third kappa shape index (κ3) is 5.26. The molecule has 3 N–H and O–H groups in total. The zero-order chi connectivity index (χ0) is 26.0. The van der Waals surface area contributed by atoms with E-state index < -0.39 is 31.3 Å². The lowest BCUT2D eigenvalue weighted by molar-refractivity contribution is 0.0763. The van der Waals surface area contributed by atoms with Crippen molar-refractivity contribution < 1.29 is 33.1 Å². The SMILES string of the molecule is CCC(C)OP(=O)(O)CCNC(=O)c1c2c(c(O)c3ncccc13)C(=O)N(Cc1ccc(F)cc1)C2. The number of hydrogen-bond acceptors (Lipinski definition) is 6. The molecule has 0 fully saturated rings. The van der Waals surface area contributed by atoms with E-state index in [-0.39, 0.29) is 48.2 Å². The van der Waals surface area contributed by atoms with Crippen molar-refractivity contribution in [3.05, 3.63) is 70.7 Å². The molecule has 0 spiro atoms. The monoisotopic (exact) mass is 515 g/mol. The first-order valence-electron chi connectivity index (χ1n) is 11.6. The predicted molar refractivity (Wildman–Crippen MR) is 131 cm³/mol. The first-order valence-corrected chi connectivity index (χ1v) is 13.3. The number of aromatic nitrogens is 1. The lowest BCUT2D eigenvalue weighted by Crippen LogP contribution is -2.28. The van der Waals surface area contributed by atoms with Crippen LogP contribution in [0, 0.1) is 5.82 Å². The Hall–Kier alpha value is -3.33. The summed E-state index contributed by atoms with van der Waals surface area (Å²) < 4.78 is 30.8. The van der Waals surface area contributed by atoms with Gasteiger partial charge in [-0.25, -0.2) is 4.39 Å². The molecule has 9 nitrogen and oxygen atoms in total. The van der Waals surface area contributed by atoms with Crippen molar-refractivity contribution in [1.29, 1.82) is 0 Å². The average Bonchev–Trinajstić information content (AvgIpc) is 3.15. The highest BCUT2D eigenvalue weighted by Crippen LogP contribution is 2.43. The van der Waals surface area contributed by atoms with Gasteiger partial charge in [0.1, 0.15) is 11.3 Å². The number of aromatic hydroxyl groups is 1. The fraction of sp³-hybridized carbons (Fsp3) is 0.320. The van der Waals surface area contributed by atoms with E-state index in [0.717, 1.165) is 0 Å². The molecule has 2 unspecified atom stereocenters. The van der Waals surface area contributed by atoms with Crippen LogP contribution in [-0.2, 0) is 22.2 Å². The summed E-state index contributed by atoms with van der Waals surface area (Å²) in [6, 6.07) is 8.94. The largest absolute Gasteiger partial charge is 0.505 e. The van der Waals surface area contributed by atoms with E-state index in [0.29, 0.717) is 22.9 Å². The fourth-order valence-corrected chi connectivity index (χ4v) is 5.37. The normalized spacial score (nSPS) is 15.6. The van der Waals surface area contributed by atoms with Crippen LogP contribution in [0.1, 0.15) is 52.1 Å². The fourth-order valence-electron chi connectivity index (χ4n) is 4.16. The Balaban J connectivity index is 1.63. The third-order valence-corrected chi connectivity index (χ3v) is 7.58. The quantitative estimate of drug-likeness (QED) is 0.368. The minimum atomic E-state index is -3.90. The number of amides is 2. The van der Waals surface area contributed by atoms with Gasteiger partial charge in [0.05, 0.1) is 23.4 Å². The number of benzene rings is 2. The zero-order valence-electron chi connectivity index (χ0n) is 19.9. The Kier molecular flexibility index (Phi) is 7.40. The summed E-state index contributed by atoms with van der Waals surface area (Å²) in [7, 11) is -3.90. The molecule has 2 amide bonds. The van der Waals surface area contributed by atoms with Crippen LogP contribution < -0.4 is 5.32 Å². The summed E-state index contributed by atoms with van der Waals surface area (Å²) in [6.07, 6.45) is 1.33. The van der Waals surface area contributed by atoms with Gasteiger partial charge < -0.3 is 24.7 Å². The minimum absolute atomic E-state index is 0.0126. The van der Waals surface area contributed by atoms with Crippen LogP contribution in [0.2, 0.25) is 0 Å². The highest BCUT2D eigenvalue weighted by molar-refractivity contribution is 7.52. The second-order valence-electron chi connectivity index (χ2n) is 8.71. The molecule has 2 atom stereocenters. The molecule has 0 saturated heterocycles. The van der Waals surface area contributed by atoms with Gasteiger partial charge >= 0.3 is 7.60 Å². The average molecular weight is 515 g/mol. The van der Waals surface area contributed by atoms with Crippen LogP contribution >= 0.6 is 7.60 Å². The van der Waals surface area contributed by atoms with E-state index in [1.807, 2.05) is 6.92 Å². The molecule has 0 bridgehead atoms. The predicted octanol–water partition coefficient (Wildman–Crippen LogP) is 3.97. The highest BCUT2D eigenvalue weighted by Gasteiger charge is 2.36. The molecule has 1 aromatic heterocycles. The molecule has 36 heavy (non-hydrogen) atoms. The highest BCUT2D eigenvalue weighted by atomic mass is 31.2. The lowest BCUT2D eigenvalue weighted by Gasteiger charge is -2.18. The third-order valence-electron chi connectivity index (χ3n) is 6.11. The van der Waals surface area contributed by atoms with E-state index in [1.165, 1.54) is 23.2 Å². The standard InChI is InChI=1S/C25H27FN3O6P/c1-3-15(2)35-36(33,34)12-11-28-24(31)20-18-5-4-10-27-22(18)23(30)21-19(20)14-29(25(21)32)13-16-6-8-17(26)9-7-16/h4-10,15,30H,3,11-14H2,1-2H3,(H,28,31)(H,33,34). The van der Waals surface area contributed by atoms with Gasteiger partial charge in [0.2, 0.25) is 0 Å². The smallest absolute Gasteiger partial charge is 0.330 e. The Morgan fingerprint density at radius 1 is 1.31 bits per heavy atom. The number of nitrogens with zero attached hydrogens (tertiary/aromatic N) is 2. The van der Waals surface area contributed by atoms with Crippen LogP contribution in [-0.4, -0.2) is 50.5 Å². The molecule has 0 aliphatic carbocycles. The second kappa shape index (κ2) is 10.3.